The van der Waals surface area contributed by atoms with Crippen LogP contribution in [0.15, 0.2) is 24.3 Å². The summed E-state index contributed by atoms with van der Waals surface area (Å²) < 4.78 is 0. The van der Waals surface area contributed by atoms with Gasteiger partial charge in [0.15, 0.2) is 5.82 Å². The van der Waals surface area contributed by atoms with E-state index in [1.54, 1.807) is 23.1 Å². The summed E-state index contributed by atoms with van der Waals surface area (Å²) in [4.78, 5) is 23.8. The van der Waals surface area contributed by atoms with Crippen molar-refractivity contribution in [3.05, 3.63) is 40.8 Å². The van der Waals surface area contributed by atoms with Crippen molar-refractivity contribution >= 4 is 52.5 Å². The zero-order valence-electron chi connectivity index (χ0n) is 15.5. The molecule has 1 aromatic carbocycles. The van der Waals surface area contributed by atoms with E-state index in [9.17, 15) is 4.79 Å². The molecule has 1 aliphatic rings. The lowest BCUT2D eigenvalue weighted by molar-refractivity contribution is 0.0643. The molecule has 0 unspecified atom stereocenters. The lowest BCUT2D eigenvalue weighted by Gasteiger charge is -2.33. The second-order valence-corrected chi connectivity index (χ2v) is 7.11. The van der Waals surface area contributed by atoms with Gasteiger partial charge < -0.3 is 15.5 Å². The van der Waals surface area contributed by atoms with E-state index in [0.29, 0.717) is 28.7 Å². The fourth-order valence-electron chi connectivity index (χ4n) is 3.17. The maximum atomic E-state index is 13.0. The van der Waals surface area contributed by atoms with Crippen molar-refractivity contribution in [2.24, 2.45) is 0 Å². The van der Waals surface area contributed by atoms with E-state index < -0.39 is 0 Å². The molecule has 0 aliphatic carbocycles. The maximum Gasteiger partial charge on any atom is 0.292 e. The third kappa shape index (κ3) is 4.04. The molecule has 4 rings (SSSR count). The Morgan fingerprint density at radius 3 is 2.86 bits per heavy atom. The fraction of sp³-hybridized carbons (Fsp3) is 0.333. The van der Waals surface area contributed by atoms with Gasteiger partial charge in [0.05, 0.1) is 5.52 Å². The standard InChI is InChI=1S/C18H20ClN7O.ClH/c1-10-7-15(25-24-10)22-16-13-8-12(19)3-4-14(13)21-17(23-16)18(27)26-6-5-20-9-11(26)2;/h3-4,7-8,11,20H,5-6,9H2,1-2H3,(H2,21,22,23,24,25);1H/t11-;/m1./s1. The molecule has 3 N–H and O–H groups in total. The molecule has 0 saturated carbocycles. The number of benzene rings is 1. The number of hydrogen-bond donors (Lipinski definition) is 3. The number of fused-ring (bicyclic) bond motifs is 1. The van der Waals surface area contributed by atoms with Gasteiger partial charge in [-0.1, -0.05) is 11.6 Å². The SMILES string of the molecule is Cc1cc(Nc2nc(C(=O)N3CCNC[C@H]3C)nc3ccc(Cl)cc23)n[nH]1.Cl. The number of hydrogen-bond acceptors (Lipinski definition) is 6. The topological polar surface area (TPSA) is 98.8 Å². The summed E-state index contributed by atoms with van der Waals surface area (Å²) in [5.74, 6) is 1.09. The quantitative estimate of drug-likeness (QED) is 0.601. The van der Waals surface area contributed by atoms with Crippen molar-refractivity contribution in [1.29, 1.82) is 0 Å². The van der Waals surface area contributed by atoms with Crippen molar-refractivity contribution in [2.45, 2.75) is 19.9 Å². The van der Waals surface area contributed by atoms with Gasteiger partial charge in [0.2, 0.25) is 5.82 Å². The van der Waals surface area contributed by atoms with Crippen LogP contribution in [0.1, 0.15) is 23.2 Å². The molecule has 0 bridgehead atoms. The third-order valence-electron chi connectivity index (χ3n) is 4.56. The number of aryl methyl sites for hydroxylation is 1. The second kappa shape index (κ2) is 8.30. The van der Waals surface area contributed by atoms with Gasteiger partial charge in [-0.05, 0) is 32.0 Å². The van der Waals surface area contributed by atoms with Crippen LogP contribution in [0.25, 0.3) is 10.9 Å². The Hall–Kier alpha value is -2.42. The van der Waals surface area contributed by atoms with Crippen LogP contribution in [0.3, 0.4) is 0 Å². The molecule has 8 nitrogen and oxygen atoms in total. The first-order chi connectivity index (χ1) is 13.0. The number of halogens is 2. The van der Waals surface area contributed by atoms with Crippen LogP contribution in [-0.4, -0.2) is 56.6 Å². The fourth-order valence-corrected chi connectivity index (χ4v) is 3.34. The molecule has 3 heterocycles. The molecule has 10 heteroatoms. The number of carbonyl (C=O) groups excluding carboxylic acids is 1. The Kier molecular flexibility index (Phi) is 6.02. The van der Waals surface area contributed by atoms with Crippen molar-refractivity contribution < 1.29 is 4.79 Å². The number of piperazine rings is 1. The number of aromatic amines is 1. The van der Waals surface area contributed by atoms with Gasteiger partial charge in [-0.15, -0.1) is 12.4 Å². The number of rotatable bonds is 3. The highest BCUT2D eigenvalue weighted by Crippen LogP contribution is 2.27. The van der Waals surface area contributed by atoms with Gasteiger partial charge in [-0.3, -0.25) is 9.89 Å². The average molecular weight is 422 g/mol. The number of nitrogens with one attached hydrogen (secondary N) is 3. The van der Waals surface area contributed by atoms with Crippen LogP contribution in [-0.2, 0) is 0 Å². The van der Waals surface area contributed by atoms with Gasteiger partial charge in [-0.2, -0.15) is 5.10 Å². The molecule has 28 heavy (non-hydrogen) atoms. The summed E-state index contributed by atoms with van der Waals surface area (Å²) in [5, 5.41) is 14.8. The first-order valence-electron chi connectivity index (χ1n) is 8.79. The van der Waals surface area contributed by atoms with Crippen LogP contribution in [0.2, 0.25) is 5.02 Å². The van der Waals surface area contributed by atoms with Crippen molar-refractivity contribution in [1.82, 2.24) is 30.4 Å². The van der Waals surface area contributed by atoms with Crippen LogP contribution < -0.4 is 10.6 Å². The minimum atomic E-state index is -0.179. The third-order valence-corrected chi connectivity index (χ3v) is 4.80. The Balaban J connectivity index is 0.00000225. The number of anilines is 2. The van der Waals surface area contributed by atoms with Crippen LogP contribution >= 0.6 is 24.0 Å². The molecule has 0 radical (unpaired) electrons. The lowest BCUT2D eigenvalue weighted by atomic mass is 10.2. The predicted molar refractivity (Wildman–Crippen MR) is 112 cm³/mol. The normalized spacial score (nSPS) is 16.7. The van der Waals surface area contributed by atoms with Gasteiger partial charge >= 0.3 is 0 Å². The van der Waals surface area contributed by atoms with E-state index in [1.807, 2.05) is 19.9 Å². The molecule has 148 valence electrons. The van der Waals surface area contributed by atoms with Crippen molar-refractivity contribution in [3.8, 4) is 0 Å². The molecule has 1 fully saturated rings. The van der Waals surface area contributed by atoms with Gasteiger partial charge in [-0.25, -0.2) is 9.97 Å². The minimum Gasteiger partial charge on any atom is -0.331 e. The van der Waals surface area contributed by atoms with Crippen LogP contribution in [0.4, 0.5) is 11.6 Å². The number of aromatic nitrogens is 4. The average Bonchev–Trinajstić information content (AvgIpc) is 3.06. The first kappa shape index (κ1) is 20.3. The highest BCUT2D eigenvalue weighted by molar-refractivity contribution is 6.31. The van der Waals surface area contributed by atoms with Crippen molar-refractivity contribution in [2.75, 3.05) is 25.0 Å². The molecule has 0 spiro atoms. The second-order valence-electron chi connectivity index (χ2n) is 6.67. The highest BCUT2D eigenvalue weighted by atomic mass is 35.5. The van der Waals surface area contributed by atoms with Crippen molar-refractivity contribution in [3.63, 3.8) is 0 Å². The Bertz CT molecular complexity index is 1010. The number of nitrogens with zero attached hydrogens (tertiary/aromatic N) is 4. The van der Waals surface area contributed by atoms with E-state index in [1.165, 1.54) is 0 Å². The molecule has 2 aromatic heterocycles. The summed E-state index contributed by atoms with van der Waals surface area (Å²) in [5.41, 5.74) is 1.56. The van der Waals surface area contributed by atoms with Crippen LogP contribution in [0.5, 0.6) is 0 Å². The minimum absolute atomic E-state index is 0. The zero-order valence-corrected chi connectivity index (χ0v) is 17.1. The number of amides is 1. The molecule has 1 amide bonds. The van der Waals surface area contributed by atoms with Crippen LogP contribution in [0, 0.1) is 6.92 Å². The molecule has 1 aliphatic heterocycles. The first-order valence-corrected chi connectivity index (χ1v) is 9.17. The maximum absolute atomic E-state index is 13.0. The molecule has 3 aromatic rings. The molecular formula is C18H21Cl2N7O. The summed E-state index contributed by atoms with van der Waals surface area (Å²) in [6.07, 6.45) is 0. The number of H-pyrrole nitrogens is 1. The summed E-state index contributed by atoms with van der Waals surface area (Å²) in [7, 11) is 0. The zero-order chi connectivity index (χ0) is 19.0. The van der Waals surface area contributed by atoms with Gasteiger partial charge in [0, 0.05) is 47.8 Å². The Morgan fingerprint density at radius 2 is 2.14 bits per heavy atom. The van der Waals surface area contributed by atoms with Gasteiger partial charge in [0.25, 0.3) is 5.91 Å². The van der Waals surface area contributed by atoms with E-state index >= 15 is 0 Å². The monoisotopic (exact) mass is 421 g/mol. The predicted octanol–water partition coefficient (Wildman–Crippen LogP) is 2.91. The molecule has 1 saturated heterocycles. The summed E-state index contributed by atoms with van der Waals surface area (Å²) >= 11 is 6.15. The summed E-state index contributed by atoms with van der Waals surface area (Å²) in [6.45, 7) is 6.07. The van der Waals surface area contributed by atoms with E-state index in [0.717, 1.165) is 24.2 Å². The Labute approximate surface area is 173 Å². The van der Waals surface area contributed by atoms with Gasteiger partial charge in [0.1, 0.15) is 5.82 Å². The van der Waals surface area contributed by atoms with E-state index in [2.05, 4.69) is 30.8 Å². The Morgan fingerprint density at radius 1 is 1.32 bits per heavy atom. The van der Waals surface area contributed by atoms with E-state index in [4.69, 9.17) is 11.6 Å². The van der Waals surface area contributed by atoms with E-state index in [-0.39, 0.29) is 30.2 Å². The largest absolute Gasteiger partial charge is 0.331 e. The lowest BCUT2D eigenvalue weighted by Crippen LogP contribution is -2.52. The molecular weight excluding hydrogens is 401 g/mol. The smallest absolute Gasteiger partial charge is 0.292 e. The highest BCUT2D eigenvalue weighted by Gasteiger charge is 2.27. The molecule has 1 atom stereocenters. The summed E-state index contributed by atoms with van der Waals surface area (Å²) in [6, 6.07) is 7.26. The number of carbonyl (C=O) groups is 1.